The minimum atomic E-state index is -0.813. The second-order valence-corrected chi connectivity index (χ2v) is 2.62. The number of halogens is 1. The van der Waals surface area contributed by atoms with E-state index in [0.717, 1.165) is 0 Å². The van der Waals surface area contributed by atoms with Crippen molar-refractivity contribution in [3.8, 4) is 0 Å². The zero-order valence-electron chi connectivity index (χ0n) is 6.58. The minimum absolute atomic E-state index is 0.239. The van der Waals surface area contributed by atoms with E-state index >= 15 is 0 Å². The molecule has 0 aromatic carbocycles. The second kappa shape index (κ2) is 4.33. The summed E-state index contributed by atoms with van der Waals surface area (Å²) < 4.78 is 14.7. The molecule has 5 heteroatoms. The highest BCUT2D eigenvalue weighted by Crippen LogP contribution is 2.15. The average molecular weight is 193 g/mol. The largest absolute Gasteiger partial charge is 0.497 e. The van der Waals surface area contributed by atoms with Crippen molar-refractivity contribution >= 4 is 17.6 Å². The number of carbonyl (C=O) groups is 1. The number of carbonyl (C=O) groups excluding carboxylic acids is 1. The van der Waals surface area contributed by atoms with Crippen molar-refractivity contribution in [2.45, 2.75) is 13.2 Å². The highest BCUT2D eigenvalue weighted by atomic mass is 35.5. The van der Waals surface area contributed by atoms with E-state index in [2.05, 4.69) is 0 Å². The van der Waals surface area contributed by atoms with Crippen molar-refractivity contribution in [1.29, 1.82) is 0 Å². The summed E-state index contributed by atoms with van der Waals surface area (Å²) in [5, 5.41) is 0.239. The van der Waals surface area contributed by atoms with Crippen LogP contribution < -0.4 is 0 Å². The zero-order chi connectivity index (χ0) is 8.97. The molecular formula is C7H9ClO4. The number of hydrogen-bond acceptors (Lipinski definition) is 4. The van der Waals surface area contributed by atoms with E-state index in [1.165, 1.54) is 13.2 Å². The van der Waals surface area contributed by atoms with Crippen LogP contribution in [0, 0.1) is 0 Å². The van der Waals surface area contributed by atoms with E-state index in [-0.39, 0.29) is 5.03 Å². The molecule has 1 rings (SSSR count). The molecule has 0 radical (unpaired) electrons. The molecule has 1 aliphatic rings. The van der Waals surface area contributed by atoms with Gasteiger partial charge in [0.1, 0.15) is 17.9 Å². The predicted molar refractivity (Wildman–Crippen MR) is 41.4 cm³/mol. The van der Waals surface area contributed by atoms with Gasteiger partial charge in [-0.3, -0.25) is 4.79 Å². The van der Waals surface area contributed by atoms with Crippen LogP contribution in [0.3, 0.4) is 0 Å². The van der Waals surface area contributed by atoms with Crippen molar-refractivity contribution in [3.63, 3.8) is 0 Å². The van der Waals surface area contributed by atoms with Crippen LogP contribution in [-0.4, -0.2) is 25.5 Å². The molecule has 12 heavy (non-hydrogen) atoms. The van der Waals surface area contributed by atoms with Crippen LogP contribution in [0.4, 0.5) is 0 Å². The fourth-order valence-corrected chi connectivity index (χ4v) is 0.889. The van der Waals surface area contributed by atoms with Crippen LogP contribution in [-0.2, 0) is 19.0 Å². The first kappa shape index (κ1) is 9.35. The molecule has 0 spiro atoms. The highest BCUT2D eigenvalue weighted by molar-refractivity contribution is 6.30. The number of hydrogen-bond donors (Lipinski definition) is 0. The Morgan fingerprint density at radius 1 is 1.75 bits per heavy atom. The maximum Gasteiger partial charge on any atom is 0.305 e. The Bertz CT molecular complexity index is 202. The number of ether oxygens (including phenoxy) is 3. The quantitative estimate of drug-likeness (QED) is 0.582. The maximum atomic E-state index is 10.5. The van der Waals surface area contributed by atoms with Gasteiger partial charge in [-0.1, -0.05) is 11.6 Å². The van der Waals surface area contributed by atoms with E-state index < -0.39 is 12.3 Å². The summed E-state index contributed by atoms with van der Waals surface area (Å²) in [6, 6.07) is 0. The summed E-state index contributed by atoms with van der Waals surface area (Å²) >= 11 is 5.67. The summed E-state index contributed by atoms with van der Waals surface area (Å²) in [6.45, 7) is 2.05. The lowest BCUT2D eigenvalue weighted by Gasteiger charge is -2.13. The van der Waals surface area contributed by atoms with Gasteiger partial charge in [0.25, 0.3) is 0 Å². The Kier molecular flexibility index (Phi) is 3.37. The summed E-state index contributed by atoms with van der Waals surface area (Å²) in [5.41, 5.74) is 0. The lowest BCUT2D eigenvalue weighted by molar-refractivity contribution is -0.166. The standard InChI is InChI=1S/C7H9ClO4/c1-5(9)12-7-6(8)4-10-2-3-11-7/h4,7H,2-3H2,1H3. The fourth-order valence-electron chi connectivity index (χ4n) is 0.718. The van der Waals surface area contributed by atoms with Gasteiger partial charge in [0.2, 0.25) is 6.29 Å². The molecule has 0 saturated carbocycles. The monoisotopic (exact) mass is 192 g/mol. The smallest absolute Gasteiger partial charge is 0.305 e. The van der Waals surface area contributed by atoms with Gasteiger partial charge in [-0.05, 0) is 0 Å². The van der Waals surface area contributed by atoms with Gasteiger partial charge in [-0.2, -0.15) is 0 Å². The van der Waals surface area contributed by atoms with Crippen LogP contribution in [0.2, 0.25) is 0 Å². The van der Waals surface area contributed by atoms with Gasteiger partial charge in [-0.25, -0.2) is 0 Å². The average Bonchev–Trinajstić information content (AvgIpc) is 2.16. The Labute approximate surface area is 75.0 Å². The molecule has 0 aromatic rings. The van der Waals surface area contributed by atoms with E-state index in [9.17, 15) is 4.79 Å². The molecule has 0 saturated heterocycles. The van der Waals surface area contributed by atoms with Crippen molar-refractivity contribution in [2.24, 2.45) is 0 Å². The van der Waals surface area contributed by atoms with E-state index in [1.54, 1.807) is 0 Å². The first-order chi connectivity index (χ1) is 5.70. The first-order valence-electron chi connectivity index (χ1n) is 3.46. The molecule has 1 unspecified atom stereocenters. The lowest BCUT2D eigenvalue weighted by Crippen LogP contribution is -2.20. The molecule has 4 nitrogen and oxygen atoms in total. The summed E-state index contributed by atoms with van der Waals surface area (Å²) in [6.07, 6.45) is 0.508. The number of rotatable bonds is 1. The Morgan fingerprint density at radius 3 is 3.17 bits per heavy atom. The summed E-state index contributed by atoms with van der Waals surface area (Å²) in [5.74, 6) is -0.437. The molecule has 0 aliphatic carbocycles. The SMILES string of the molecule is CC(=O)OC1OCCOC=C1Cl. The molecule has 1 heterocycles. The number of esters is 1. The van der Waals surface area contributed by atoms with Crippen molar-refractivity contribution in [1.82, 2.24) is 0 Å². The third-order valence-electron chi connectivity index (χ3n) is 1.16. The van der Waals surface area contributed by atoms with Gasteiger partial charge in [0.15, 0.2) is 0 Å². The Balaban J connectivity index is 2.54. The molecule has 1 atom stereocenters. The molecule has 0 amide bonds. The molecule has 0 N–H and O–H groups in total. The zero-order valence-corrected chi connectivity index (χ0v) is 7.34. The topological polar surface area (TPSA) is 44.8 Å². The molecule has 0 aromatic heterocycles. The predicted octanol–water partition coefficient (Wildman–Crippen LogP) is 1.00. The van der Waals surface area contributed by atoms with Crippen LogP contribution in [0.25, 0.3) is 0 Å². The van der Waals surface area contributed by atoms with E-state index in [1.807, 2.05) is 0 Å². The van der Waals surface area contributed by atoms with Gasteiger partial charge < -0.3 is 14.2 Å². The molecule has 1 aliphatic heterocycles. The van der Waals surface area contributed by atoms with Crippen molar-refractivity contribution in [3.05, 3.63) is 11.3 Å². The van der Waals surface area contributed by atoms with Crippen molar-refractivity contribution < 1.29 is 19.0 Å². The second-order valence-electron chi connectivity index (χ2n) is 2.19. The Morgan fingerprint density at radius 2 is 2.50 bits per heavy atom. The van der Waals surface area contributed by atoms with Crippen LogP contribution in [0.5, 0.6) is 0 Å². The van der Waals surface area contributed by atoms with Crippen LogP contribution in [0.1, 0.15) is 6.92 Å². The van der Waals surface area contributed by atoms with Crippen LogP contribution >= 0.6 is 11.6 Å². The Hall–Kier alpha value is -0.740. The van der Waals surface area contributed by atoms with E-state index in [0.29, 0.717) is 13.2 Å². The van der Waals surface area contributed by atoms with Gasteiger partial charge in [-0.15, -0.1) is 0 Å². The summed E-state index contributed by atoms with van der Waals surface area (Å²) in [7, 11) is 0. The van der Waals surface area contributed by atoms with Crippen LogP contribution in [0.15, 0.2) is 11.3 Å². The first-order valence-corrected chi connectivity index (χ1v) is 3.84. The lowest BCUT2D eigenvalue weighted by atomic mass is 10.6. The summed E-state index contributed by atoms with van der Waals surface area (Å²) in [4.78, 5) is 10.5. The fraction of sp³-hybridized carbons (Fsp3) is 0.571. The molecule has 68 valence electrons. The minimum Gasteiger partial charge on any atom is -0.497 e. The molecule has 0 fully saturated rings. The normalized spacial score (nSPS) is 23.5. The molecule has 0 bridgehead atoms. The van der Waals surface area contributed by atoms with E-state index in [4.69, 9.17) is 25.8 Å². The van der Waals surface area contributed by atoms with Gasteiger partial charge in [0.05, 0.1) is 6.61 Å². The molecular weight excluding hydrogens is 184 g/mol. The van der Waals surface area contributed by atoms with Gasteiger partial charge in [0, 0.05) is 6.92 Å². The maximum absolute atomic E-state index is 10.5. The van der Waals surface area contributed by atoms with Gasteiger partial charge >= 0.3 is 5.97 Å². The highest BCUT2D eigenvalue weighted by Gasteiger charge is 2.18. The van der Waals surface area contributed by atoms with Crippen molar-refractivity contribution in [2.75, 3.05) is 13.2 Å². The third kappa shape index (κ3) is 2.71. The third-order valence-corrected chi connectivity index (χ3v) is 1.43.